The number of fused-ring (bicyclic) bond motifs is 1. The lowest BCUT2D eigenvalue weighted by atomic mass is 10.1. The second kappa shape index (κ2) is 5.55. The van der Waals surface area contributed by atoms with E-state index in [-0.39, 0.29) is 5.54 Å². The Hall–Kier alpha value is -1.00. The molecule has 19 heavy (non-hydrogen) atoms. The Bertz CT molecular complexity index is 554. The molecule has 3 nitrogen and oxygen atoms in total. The number of nitrogens with one attached hydrogen (secondary N) is 2. The summed E-state index contributed by atoms with van der Waals surface area (Å²) in [6.45, 7) is 11.9. The number of imidazole rings is 1. The van der Waals surface area contributed by atoms with Crippen LogP contribution in [0.5, 0.6) is 0 Å². The van der Waals surface area contributed by atoms with Gasteiger partial charge in [0.15, 0.2) is 5.16 Å². The standard InChI is InChI=1S/C15H23N3S/c1-10-6-7-12-13(8-10)18-14(17-12)19-11(2)9-16-15(3,4)5/h6-8,11,16H,9H2,1-5H3,(H,17,18). The van der Waals surface area contributed by atoms with Crippen LogP contribution in [-0.2, 0) is 0 Å². The zero-order chi connectivity index (χ0) is 14.0. The Kier molecular flexibility index (Phi) is 4.21. The molecule has 0 radical (unpaired) electrons. The van der Waals surface area contributed by atoms with Crippen molar-refractivity contribution in [2.24, 2.45) is 0 Å². The molecule has 1 heterocycles. The van der Waals surface area contributed by atoms with Crippen molar-refractivity contribution in [2.45, 2.75) is 50.6 Å². The van der Waals surface area contributed by atoms with Crippen molar-refractivity contribution in [3.05, 3.63) is 23.8 Å². The topological polar surface area (TPSA) is 40.7 Å². The molecule has 0 bridgehead atoms. The lowest BCUT2D eigenvalue weighted by molar-refractivity contribution is 0.429. The molecular weight excluding hydrogens is 254 g/mol. The molecule has 0 aliphatic heterocycles. The molecule has 0 aliphatic rings. The maximum Gasteiger partial charge on any atom is 0.166 e. The predicted octanol–water partition coefficient (Wildman–Crippen LogP) is 3.74. The van der Waals surface area contributed by atoms with Gasteiger partial charge in [-0.05, 0) is 45.4 Å². The van der Waals surface area contributed by atoms with Crippen LogP contribution in [0.3, 0.4) is 0 Å². The number of thioether (sulfide) groups is 1. The van der Waals surface area contributed by atoms with Crippen LogP contribution in [-0.4, -0.2) is 27.3 Å². The minimum atomic E-state index is 0.166. The lowest BCUT2D eigenvalue weighted by Crippen LogP contribution is -2.39. The second-order valence-electron chi connectivity index (χ2n) is 6.12. The fraction of sp³-hybridized carbons (Fsp3) is 0.533. The molecule has 0 fully saturated rings. The third kappa shape index (κ3) is 4.25. The van der Waals surface area contributed by atoms with Crippen molar-refractivity contribution >= 4 is 22.8 Å². The Morgan fingerprint density at radius 3 is 2.79 bits per heavy atom. The maximum atomic E-state index is 4.62. The van der Waals surface area contributed by atoms with Gasteiger partial charge in [0.1, 0.15) is 0 Å². The van der Waals surface area contributed by atoms with E-state index in [9.17, 15) is 0 Å². The highest BCUT2D eigenvalue weighted by molar-refractivity contribution is 7.99. The summed E-state index contributed by atoms with van der Waals surface area (Å²) in [5.41, 5.74) is 3.59. The number of benzene rings is 1. The third-order valence-corrected chi connectivity index (χ3v) is 3.83. The van der Waals surface area contributed by atoms with Crippen molar-refractivity contribution in [1.82, 2.24) is 15.3 Å². The van der Waals surface area contributed by atoms with Crippen molar-refractivity contribution in [3.8, 4) is 0 Å². The smallest absolute Gasteiger partial charge is 0.166 e. The van der Waals surface area contributed by atoms with Crippen molar-refractivity contribution < 1.29 is 0 Å². The first-order valence-corrected chi connectivity index (χ1v) is 7.59. The molecule has 0 amide bonds. The van der Waals surface area contributed by atoms with Crippen LogP contribution in [0.4, 0.5) is 0 Å². The summed E-state index contributed by atoms with van der Waals surface area (Å²) in [4.78, 5) is 8.01. The van der Waals surface area contributed by atoms with E-state index < -0.39 is 0 Å². The number of aromatic amines is 1. The summed E-state index contributed by atoms with van der Waals surface area (Å²) < 4.78 is 0. The zero-order valence-electron chi connectivity index (χ0n) is 12.4. The summed E-state index contributed by atoms with van der Waals surface area (Å²) in [5, 5.41) is 5.01. The molecule has 104 valence electrons. The molecule has 0 saturated carbocycles. The number of aromatic nitrogens is 2. The minimum Gasteiger partial charge on any atom is -0.333 e. The SMILES string of the molecule is Cc1ccc2nc(SC(C)CNC(C)(C)C)[nH]c2c1. The molecule has 0 spiro atoms. The summed E-state index contributed by atoms with van der Waals surface area (Å²) in [6.07, 6.45) is 0. The van der Waals surface area contributed by atoms with Crippen LogP contribution < -0.4 is 5.32 Å². The Labute approximate surface area is 119 Å². The number of H-pyrrole nitrogens is 1. The first-order valence-electron chi connectivity index (χ1n) is 6.71. The molecule has 2 rings (SSSR count). The van der Waals surface area contributed by atoms with Crippen LogP contribution in [0.15, 0.2) is 23.4 Å². The van der Waals surface area contributed by atoms with Crippen LogP contribution in [0.1, 0.15) is 33.3 Å². The van der Waals surface area contributed by atoms with E-state index in [1.807, 2.05) is 0 Å². The molecule has 1 aromatic carbocycles. The van der Waals surface area contributed by atoms with E-state index in [1.54, 1.807) is 11.8 Å². The molecule has 2 N–H and O–H groups in total. The average molecular weight is 277 g/mol. The first kappa shape index (κ1) is 14.4. The van der Waals surface area contributed by atoms with Gasteiger partial charge in [-0.3, -0.25) is 0 Å². The van der Waals surface area contributed by atoms with Gasteiger partial charge < -0.3 is 10.3 Å². The van der Waals surface area contributed by atoms with Gasteiger partial charge in [0.2, 0.25) is 0 Å². The van der Waals surface area contributed by atoms with Gasteiger partial charge in [-0.25, -0.2) is 4.98 Å². The van der Waals surface area contributed by atoms with E-state index in [2.05, 4.69) is 68.1 Å². The van der Waals surface area contributed by atoms with E-state index in [1.165, 1.54) is 5.56 Å². The van der Waals surface area contributed by atoms with E-state index in [0.29, 0.717) is 5.25 Å². The number of rotatable bonds is 4. The Balaban J connectivity index is 2.01. The first-order chi connectivity index (χ1) is 8.83. The summed E-state index contributed by atoms with van der Waals surface area (Å²) in [5.74, 6) is 0. The highest BCUT2D eigenvalue weighted by Crippen LogP contribution is 2.23. The summed E-state index contributed by atoms with van der Waals surface area (Å²) in [6, 6.07) is 6.32. The quantitative estimate of drug-likeness (QED) is 0.836. The number of hydrogen-bond acceptors (Lipinski definition) is 3. The summed E-state index contributed by atoms with van der Waals surface area (Å²) >= 11 is 1.79. The van der Waals surface area contributed by atoms with Gasteiger partial charge in [0.05, 0.1) is 11.0 Å². The Morgan fingerprint density at radius 2 is 2.11 bits per heavy atom. The molecule has 2 aromatic rings. The Morgan fingerprint density at radius 1 is 1.37 bits per heavy atom. The number of aryl methyl sites for hydroxylation is 1. The highest BCUT2D eigenvalue weighted by Gasteiger charge is 2.13. The van der Waals surface area contributed by atoms with Gasteiger partial charge >= 0.3 is 0 Å². The monoisotopic (exact) mass is 277 g/mol. The van der Waals surface area contributed by atoms with Gasteiger partial charge in [0.25, 0.3) is 0 Å². The van der Waals surface area contributed by atoms with Gasteiger partial charge in [-0.2, -0.15) is 0 Å². The van der Waals surface area contributed by atoms with E-state index >= 15 is 0 Å². The van der Waals surface area contributed by atoms with Crippen molar-refractivity contribution in [2.75, 3.05) is 6.54 Å². The van der Waals surface area contributed by atoms with Crippen LogP contribution >= 0.6 is 11.8 Å². The maximum absolute atomic E-state index is 4.62. The van der Waals surface area contributed by atoms with Crippen LogP contribution in [0.25, 0.3) is 11.0 Å². The molecule has 1 aromatic heterocycles. The van der Waals surface area contributed by atoms with E-state index in [4.69, 9.17) is 0 Å². The van der Waals surface area contributed by atoms with Crippen LogP contribution in [0, 0.1) is 6.92 Å². The average Bonchev–Trinajstić information content (AvgIpc) is 2.66. The van der Waals surface area contributed by atoms with Gasteiger partial charge in [-0.15, -0.1) is 0 Å². The lowest BCUT2D eigenvalue weighted by Gasteiger charge is -2.22. The molecule has 1 atom stereocenters. The minimum absolute atomic E-state index is 0.166. The fourth-order valence-electron chi connectivity index (χ4n) is 1.84. The molecule has 0 aliphatic carbocycles. The third-order valence-electron chi connectivity index (χ3n) is 2.85. The summed E-state index contributed by atoms with van der Waals surface area (Å²) in [7, 11) is 0. The largest absolute Gasteiger partial charge is 0.333 e. The second-order valence-corrected chi connectivity index (χ2v) is 7.55. The molecular formula is C15H23N3S. The molecule has 4 heteroatoms. The predicted molar refractivity (Wildman–Crippen MR) is 83.9 cm³/mol. The number of hydrogen-bond donors (Lipinski definition) is 2. The molecule has 0 saturated heterocycles. The zero-order valence-corrected chi connectivity index (χ0v) is 13.2. The number of nitrogens with zero attached hydrogens (tertiary/aromatic N) is 1. The van der Waals surface area contributed by atoms with Crippen molar-refractivity contribution in [3.63, 3.8) is 0 Å². The van der Waals surface area contributed by atoms with Gasteiger partial charge in [0, 0.05) is 17.3 Å². The highest BCUT2D eigenvalue weighted by atomic mass is 32.2. The fourth-order valence-corrected chi connectivity index (χ4v) is 2.71. The van der Waals surface area contributed by atoms with Crippen molar-refractivity contribution in [1.29, 1.82) is 0 Å². The van der Waals surface area contributed by atoms with Gasteiger partial charge in [-0.1, -0.05) is 24.8 Å². The van der Waals surface area contributed by atoms with Crippen LogP contribution in [0.2, 0.25) is 0 Å². The van der Waals surface area contributed by atoms with E-state index in [0.717, 1.165) is 22.7 Å². The normalized spacial score (nSPS) is 13.9. The molecule has 1 unspecified atom stereocenters.